The van der Waals surface area contributed by atoms with E-state index in [0.717, 1.165) is 10.6 Å². The number of hydrogen-bond acceptors (Lipinski definition) is 4. The van der Waals surface area contributed by atoms with Gasteiger partial charge in [0, 0.05) is 27.4 Å². The van der Waals surface area contributed by atoms with Crippen molar-refractivity contribution in [1.29, 1.82) is 0 Å². The Morgan fingerprint density at radius 3 is 3.00 bits per heavy atom. The monoisotopic (exact) mass is 240 g/mol. The third-order valence-electron chi connectivity index (χ3n) is 1.81. The van der Waals surface area contributed by atoms with Crippen LogP contribution in [0.25, 0.3) is 0 Å². The van der Waals surface area contributed by atoms with Gasteiger partial charge in [0.15, 0.2) is 0 Å². The molecular weight excluding hydrogens is 231 g/mol. The van der Waals surface area contributed by atoms with Crippen LogP contribution in [0.1, 0.15) is 4.88 Å². The predicted molar refractivity (Wildman–Crippen MR) is 62.5 cm³/mol. The summed E-state index contributed by atoms with van der Waals surface area (Å²) in [6, 6.07) is 4.75. The first-order valence-corrected chi connectivity index (χ1v) is 6.17. The zero-order valence-electron chi connectivity index (χ0n) is 7.81. The zero-order valence-corrected chi connectivity index (χ0v) is 9.45. The molecule has 2 nitrogen and oxygen atoms in total. The van der Waals surface area contributed by atoms with E-state index in [9.17, 15) is 4.39 Å². The highest BCUT2D eigenvalue weighted by Gasteiger charge is 2.04. The molecule has 2 rings (SSSR count). The molecule has 0 atom stereocenters. The van der Waals surface area contributed by atoms with E-state index in [1.54, 1.807) is 35.2 Å². The SMILES string of the molecule is Nc1ccc(SCc2cncs2)c(F)c1. The lowest BCUT2D eigenvalue weighted by Gasteiger charge is -2.02. The number of thioether (sulfide) groups is 1. The summed E-state index contributed by atoms with van der Waals surface area (Å²) in [5.41, 5.74) is 7.69. The number of benzene rings is 1. The number of aromatic nitrogens is 1. The highest BCUT2D eigenvalue weighted by Crippen LogP contribution is 2.27. The summed E-state index contributed by atoms with van der Waals surface area (Å²) in [4.78, 5) is 5.72. The van der Waals surface area contributed by atoms with Gasteiger partial charge in [-0.05, 0) is 18.2 Å². The minimum atomic E-state index is -0.260. The fourth-order valence-electron chi connectivity index (χ4n) is 1.10. The van der Waals surface area contributed by atoms with Gasteiger partial charge in [-0.15, -0.1) is 23.1 Å². The molecule has 0 aliphatic rings. The van der Waals surface area contributed by atoms with Crippen molar-refractivity contribution in [2.24, 2.45) is 0 Å². The van der Waals surface area contributed by atoms with E-state index in [2.05, 4.69) is 4.98 Å². The Bertz CT molecular complexity index is 443. The molecule has 15 heavy (non-hydrogen) atoms. The molecular formula is C10H9FN2S2. The normalized spacial score (nSPS) is 10.5. The fraction of sp³-hybridized carbons (Fsp3) is 0.100. The highest BCUT2D eigenvalue weighted by molar-refractivity contribution is 7.98. The maximum absolute atomic E-state index is 13.4. The molecule has 2 aromatic rings. The molecule has 5 heteroatoms. The van der Waals surface area contributed by atoms with E-state index in [0.29, 0.717) is 10.6 Å². The van der Waals surface area contributed by atoms with Crippen LogP contribution >= 0.6 is 23.1 Å². The van der Waals surface area contributed by atoms with Crippen molar-refractivity contribution in [1.82, 2.24) is 4.98 Å². The van der Waals surface area contributed by atoms with Gasteiger partial charge in [-0.2, -0.15) is 0 Å². The Balaban J connectivity index is 2.05. The summed E-state index contributed by atoms with van der Waals surface area (Å²) in [6.45, 7) is 0. The number of hydrogen-bond donors (Lipinski definition) is 1. The second-order valence-corrected chi connectivity index (χ2v) is 4.93. The molecule has 2 N–H and O–H groups in total. The number of rotatable bonds is 3. The van der Waals surface area contributed by atoms with Crippen LogP contribution in [0.3, 0.4) is 0 Å². The minimum Gasteiger partial charge on any atom is -0.399 e. The van der Waals surface area contributed by atoms with Gasteiger partial charge < -0.3 is 5.73 Å². The van der Waals surface area contributed by atoms with Gasteiger partial charge in [0.05, 0.1) is 5.51 Å². The Labute approximate surface area is 95.3 Å². The van der Waals surface area contributed by atoms with Crippen molar-refractivity contribution in [2.75, 3.05) is 5.73 Å². The van der Waals surface area contributed by atoms with Gasteiger partial charge in [0.2, 0.25) is 0 Å². The van der Waals surface area contributed by atoms with E-state index in [4.69, 9.17) is 5.73 Å². The van der Waals surface area contributed by atoms with Gasteiger partial charge in [0.1, 0.15) is 5.82 Å². The summed E-state index contributed by atoms with van der Waals surface area (Å²) in [5, 5.41) is 0. The smallest absolute Gasteiger partial charge is 0.138 e. The minimum absolute atomic E-state index is 0.260. The fourth-order valence-corrected chi connectivity index (χ4v) is 2.66. The van der Waals surface area contributed by atoms with E-state index in [1.165, 1.54) is 17.8 Å². The molecule has 0 fully saturated rings. The summed E-state index contributed by atoms with van der Waals surface area (Å²) in [6.07, 6.45) is 1.80. The van der Waals surface area contributed by atoms with Gasteiger partial charge in [0.25, 0.3) is 0 Å². The second-order valence-electron chi connectivity index (χ2n) is 2.95. The lowest BCUT2D eigenvalue weighted by Crippen LogP contribution is -1.88. The maximum Gasteiger partial charge on any atom is 0.138 e. The molecule has 0 aliphatic carbocycles. The van der Waals surface area contributed by atoms with E-state index in [-0.39, 0.29) is 5.82 Å². The molecule has 1 aromatic heterocycles. The molecule has 1 heterocycles. The number of halogens is 1. The van der Waals surface area contributed by atoms with Crippen molar-refractivity contribution in [3.8, 4) is 0 Å². The molecule has 0 bridgehead atoms. The molecule has 0 saturated carbocycles. The molecule has 0 radical (unpaired) electrons. The van der Waals surface area contributed by atoms with Crippen LogP contribution in [0.4, 0.5) is 10.1 Å². The summed E-state index contributed by atoms with van der Waals surface area (Å²) in [5.74, 6) is 0.482. The molecule has 0 unspecified atom stereocenters. The van der Waals surface area contributed by atoms with E-state index < -0.39 is 0 Å². The summed E-state index contributed by atoms with van der Waals surface area (Å²) < 4.78 is 13.4. The van der Waals surface area contributed by atoms with Crippen molar-refractivity contribution >= 4 is 28.8 Å². The van der Waals surface area contributed by atoms with Crippen LogP contribution in [0, 0.1) is 5.82 Å². The highest BCUT2D eigenvalue weighted by atomic mass is 32.2. The van der Waals surface area contributed by atoms with Crippen LogP contribution in [0.2, 0.25) is 0 Å². The van der Waals surface area contributed by atoms with Gasteiger partial charge >= 0.3 is 0 Å². The number of anilines is 1. The number of nitrogen functional groups attached to an aromatic ring is 1. The van der Waals surface area contributed by atoms with Crippen molar-refractivity contribution in [3.63, 3.8) is 0 Å². The van der Waals surface area contributed by atoms with Crippen LogP contribution in [-0.4, -0.2) is 4.98 Å². The molecule has 1 aromatic carbocycles. The standard InChI is InChI=1S/C10H9FN2S2/c11-9-3-7(12)1-2-10(9)14-5-8-4-13-6-15-8/h1-4,6H,5,12H2. The Hall–Kier alpha value is -1.07. The van der Waals surface area contributed by atoms with Crippen LogP contribution in [0.5, 0.6) is 0 Å². The van der Waals surface area contributed by atoms with Gasteiger partial charge in [-0.3, -0.25) is 4.98 Å². The number of nitrogens with two attached hydrogens (primary N) is 1. The number of nitrogens with zero attached hydrogens (tertiary/aromatic N) is 1. The van der Waals surface area contributed by atoms with Crippen molar-refractivity contribution in [2.45, 2.75) is 10.6 Å². The largest absolute Gasteiger partial charge is 0.399 e. The third kappa shape index (κ3) is 2.70. The van der Waals surface area contributed by atoms with E-state index >= 15 is 0 Å². The molecule has 0 saturated heterocycles. The molecule has 78 valence electrons. The van der Waals surface area contributed by atoms with Crippen LogP contribution in [-0.2, 0) is 5.75 Å². The lowest BCUT2D eigenvalue weighted by molar-refractivity contribution is 0.603. The Morgan fingerprint density at radius 1 is 1.47 bits per heavy atom. The van der Waals surface area contributed by atoms with Crippen molar-refractivity contribution in [3.05, 3.63) is 40.6 Å². The topological polar surface area (TPSA) is 38.9 Å². The predicted octanol–water partition coefficient (Wildman–Crippen LogP) is 3.16. The zero-order chi connectivity index (χ0) is 10.7. The first-order chi connectivity index (χ1) is 7.25. The van der Waals surface area contributed by atoms with E-state index in [1.807, 2.05) is 0 Å². The van der Waals surface area contributed by atoms with Gasteiger partial charge in [-0.25, -0.2) is 4.39 Å². The summed E-state index contributed by atoms with van der Waals surface area (Å²) >= 11 is 3.03. The Morgan fingerprint density at radius 2 is 2.33 bits per heavy atom. The maximum atomic E-state index is 13.4. The lowest BCUT2D eigenvalue weighted by atomic mass is 10.3. The first-order valence-electron chi connectivity index (χ1n) is 4.31. The third-order valence-corrected chi connectivity index (χ3v) is 3.87. The number of thiazole rings is 1. The molecule has 0 amide bonds. The average molecular weight is 240 g/mol. The van der Waals surface area contributed by atoms with Crippen molar-refractivity contribution < 1.29 is 4.39 Å². The molecule has 0 aliphatic heterocycles. The first kappa shape index (κ1) is 10.4. The average Bonchev–Trinajstić information content (AvgIpc) is 2.69. The summed E-state index contributed by atoms with van der Waals surface area (Å²) in [7, 11) is 0. The second kappa shape index (κ2) is 4.63. The van der Waals surface area contributed by atoms with Gasteiger partial charge in [-0.1, -0.05) is 0 Å². The quantitative estimate of drug-likeness (QED) is 0.661. The Kier molecular flexibility index (Phi) is 3.23. The molecule has 0 spiro atoms. The van der Waals surface area contributed by atoms with Crippen LogP contribution < -0.4 is 5.73 Å². The van der Waals surface area contributed by atoms with Crippen LogP contribution in [0.15, 0.2) is 34.8 Å².